The van der Waals surface area contributed by atoms with Crippen LogP contribution in [-0.4, -0.2) is 42.9 Å². The number of ether oxygens (including phenoxy) is 1. The Hall–Kier alpha value is -2.27. The number of benzene rings is 1. The molecule has 3 fully saturated rings. The van der Waals surface area contributed by atoms with Crippen molar-refractivity contribution in [3.05, 3.63) is 58.4 Å². The van der Waals surface area contributed by atoms with Crippen LogP contribution in [0.4, 0.5) is 11.5 Å². The van der Waals surface area contributed by atoms with E-state index in [0.29, 0.717) is 18.7 Å². The number of anilines is 2. The average molecular weight is 380 g/mol. The molecule has 28 heavy (non-hydrogen) atoms. The number of piperidine rings is 1. The van der Waals surface area contributed by atoms with E-state index in [1.807, 2.05) is 0 Å². The number of nitrogens with one attached hydrogen (secondary N) is 1. The minimum absolute atomic E-state index is 0.00659. The molecular weight excluding hydrogens is 350 g/mol. The normalized spacial score (nSPS) is 29.5. The average Bonchev–Trinajstić information content (AvgIpc) is 3.30. The SMILES string of the molecule is C[C@@H]1CN(c2cc(N3[C@@H]4CC[C@@H](C4)[C@H]3Cc3ccccc3)[nH]c(=O)c2)CCO1. The van der Waals surface area contributed by atoms with Crippen molar-refractivity contribution < 1.29 is 4.74 Å². The Kier molecular flexibility index (Phi) is 4.63. The number of nitrogens with zero attached hydrogens (tertiary/aromatic N) is 2. The lowest BCUT2D eigenvalue weighted by molar-refractivity contribution is 0.0532. The molecule has 4 atom stereocenters. The van der Waals surface area contributed by atoms with E-state index in [2.05, 4.69) is 58.1 Å². The van der Waals surface area contributed by atoms with Gasteiger partial charge in [-0.3, -0.25) is 4.79 Å². The maximum Gasteiger partial charge on any atom is 0.251 e. The van der Waals surface area contributed by atoms with E-state index in [4.69, 9.17) is 4.74 Å². The highest BCUT2D eigenvalue weighted by atomic mass is 16.5. The summed E-state index contributed by atoms with van der Waals surface area (Å²) in [6, 6.07) is 15.7. The Morgan fingerprint density at radius 2 is 2.04 bits per heavy atom. The highest BCUT2D eigenvalue weighted by molar-refractivity contribution is 5.57. The van der Waals surface area contributed by atoms with E-state index in [1.165, 1.54) is 24.8 Å². The third kappa shape index (κ3) is 3.32. The first-order chi connectivity index (χ1) is 13.7. The van der Waals surface area contributed by atoms with Crippen molar-refractivity contribution in [2.75, 3.05) is 29.5 Å². The Morgan fingerprint density at radius 3 is 2.86 bits per heavy atom. The van der Waals surface area contributed by atoms with Crippen LogP contribution in [0.5, 0.6) is 0 Å². The maximum atomic E-state index is 12.5. The lowest BCUT2D eigenvalue weighted by Crippen LogP contribution is -2.44. The summed E-state index contributed by atoms with van der Waals surface area (Å²) in [4.78, 5) is 20.5. The van der Waals surface area contributed by atoms with Gasteiger partial charge in [-0.25, -0.2) is 0 Å². The number of morpholine rings is 1. The molecule has 1 aliphatic carbocycles. The third-order valence-electron chi connectivity index (χ3n) is 6.73. The first-order valence-corrected chi connectivity index (χ1v) is 10.6. The summed E-state index contributed by atoms with van der Waals surface area (Å²) in [6.45, 7) is 4.49. The van der Waals surface area contributed by atoms with Gasteiger partial charge < -0.3 is 19.5 Å². The predicted octanol–water partition coefficient (Wildman–Crippen LogP) is 3.20. The van der Waals surface area contributed by atoms with Crippen molar-refractivity contribution in [3.63, 3.8) is 0 Å². The van der Waals surface area contributed by atoms with E-state index in [-0.39, 0.29) is 11.7 Å². The number of fused-ring (bicyclic) bond motifs is 2. The Morgan fingerprint density at radius 1 is 1.18 bits per heavy atom. The summed E-state index contributed by atoms with van der Waals surface area (Å²) in [7, 11) is 0. The molecule has 0 radical (unpaired) electrons. The van der Waals surface area contributed by atoms with E-state index >= 15 is 0 Å². The molecule has 0 unspecified atom stereocenters. The largest absolute Gasteiger partial charge is 0.375 e. The lowest BCUT2D eigenvalue weighted by Gasteiger charge is -2.38. The summed E-state index contributed by atoms with van der Waals surface area (Å²) in [5.74, 6) is 1.72. The van der Waals surface area contributed by atoms with Crippen molar-refractivity contribution in [1.82, 2.24) is 4.98 Å². The molecule has 3 heterocycles. The number of H-pyrrole nitrogens is 1. The number of hydrogen-bond donors (Lipinski definition) is 1. The van der Waals surface area contributed by atoms with Crippen molar-refractivity contribution in [2.45, 2.75) is 50.8 Å². The second-order valence-electron chi connectivity index (χ2n) is 8.61. The molecule has 0 amide bonds. The topological polar surface area (TPSA) is 48.6 Å². The van der Waals surface area contributed by atoms with Crippen molar-refractivity contribution in [3.8, 4) is 0 Å². The van der Waals surface area contributed by atoms with Gasteiger partial charge in [0.1, 0.15) is 5.82 Å². The molecular formula is C23H29N3O2. The van der Waals surface area contributed by atoms with Crippen LogP contribution in [0.3, 0.4) is 0 Å². The molecule has 2 saturated heterocycles. The fourth-order valence-corrected chi connectivity index (χ4v) is 5.48. The van der Waals surface area contributed by atoms with Crippen LogP contribution in [0.25, 0.3) is 0 Å². The molecule has 5 nitrogen and oxygen atoms in total. The summed E-state index contributed by atoms with van der Waals surface area (Å²) in [6.07, 6.45) is 5.03. The fourth-order valence-electron chi connectivity index (χ4n) is 5.48. The standard InChI is InChI=1S/C23H29N3O2/c1-16-15-25(9-10-28-16)20-13-22(24-23(27)14-20)26-19-8-7-18(12-19)21(26)11-17-5-3-2-4-6-17/h2-6,13-14,16,18-19,21H,7-12,15H2,1H3,(H,24,27)/t16-,18+,19-,21-/m1/s1. The zero-order chi connectivity index (χ0) is 19.1. The summed E-state index contributed by atoms with van der Waals surface area (Å²) < 4.78 is 5.68. The summed E-state index contributed by atoms with van der Waals surface area (Å²) in [5, 5.41) is 0. The van der Waals surface area contributed by atoms with Gasteiger partial charge in [0.2, 0.25) is 0 Å². The van der Waals surface area contributed by atoms with Gasteiger partial charge in [0.25, 0.3) is 5.56 Å². The highest BCUT2D eigenvalue weighted by Crippen LogP contribution is 2.45. The van der Waals surface area contributed by atoms with Gasteiger partial charge in [-0.15, -0.1) is 0 Å². The Balaban J connectivity index is 1.46. The number of aromatic nitrogens is 1. The van der Waals surface area contributed by atoms with Crippen LogP contribution in [0.1, 0.15) is 31.7 Å². The number of aromatic amines is 1. The zero-order valence-corrected chi connectivity index (χ0v) is 16.5. The number of rotatable bonds is 4. The van der Waals surface area contributed by atoms with E-state index < -0.39 is 0 Å². The summed E-state index contributed by atoms with van der Waals surface area (Å²) >= 11 is 0. The van der Waals surface area contributed by atoms with E-state index in [1.54, 1.807) is 6.07 Å². The number of hydrogen-bond acceptors (Lipinski definition) is 4. The van der Waals surface area contributed by atoms with Gasteiger partial charge in [0.15, 0.2) is 0 Å². The fraction of sp³-hybridized carbons (Fsp3) is 0.522. The van der Waals surface area contributed by atoms with Gasteiger partial charge in [-0.05, 0) is 44.1 Å². The molecule has 2 aromatic rings. The molecule has 3 aliphatic rings. The molecule has 1 saturated carbocycles. The molecule has 1 N–H and O–H groups in total. The minimum atomic E-state index is -0.00659. The third-order valence-corrected chi connectivity index (χ3v) is 6.73. The quantitative estimate of drug-likeness (QED) is 0.886. The molecule has 1 aromatic carbocycles. The van der Waals surface area contributed by atoms with Crippen LogP contribution >= 0.6 is 0 Å². The van der Waals surface area contributed by atoms with Gasteiger partial charge in [-0.1, -0.05) is 30.3 Å². The van der Waals surface area contributed by atoms with Crippen molar-refractivity contribution in [1.29, 1.82) is 0 Å². The van der Waals surface area contributed by atoms with Crippen LogP contribution in [0, 0.1) is 5.92 Å². The maximum absolute atomic E-state index is 12.5. The Bertz CT molecular complexity index is 881. The molecule has 2 aliphatic heterocycles. The van der Waals surface area contributed by atoms with Gasteiger partial charge in [0, 0.05) is 43.0 Å². The molecule has 5 heteroatoms. The van der Waals surface area contributed by atoms with Crippen LogP contribution < -0.4 is 15.4 Å². The monoisotopic (exact) mass is 379 g/mol. The van der Waals surface area contributed by atoms with Gasteiger partial charge in [0.05, 0.1) is 12.7 Å². The molecule has 148 valence electrons. The lowest BCUT2D eigenvalue weighted by atomic mass is 9.92. The molecule has 1 aromatic heterocycles. The van der Waals surface area contributed by atoms with Crippen LogP contribution in [-0.2, 0) is 11.2 Å². The highest BCUT2D eigenvalue weighted by Gasteiger charge is 2.46. The predicted molar refractivity (Wildman–Crippen MR) is 112 cm³/mol. The van der Waals surface area contributed by atoms with Crippen molar-refractivity contribution >= 4 is 11.5 Å². The smallest absolute Gasteiger partial charge is 0.251 e. The Labute approximate surface area is 166 Å². The molecule has 2 bridgehead atoms. The second-order valence-corrected chi connectivity index (χ2v) is 8.61. The van der Waals surface area contributed by atoms with Gasteiger partial charge >= 0.3 is 0 Å². The van der Waals surface area contributed by atoms with Crippen LogP contribution in [0.2, 0.25) is 0 Å². The summed E-state index contributed by atoms with van der Waals surface area (Å²) in [5.41, 5.74) is 2.40. The molecule has 5 rings (SSSR count). The first kappa shape index (κ1) is 17.8. The van der Waals surface area contributed by atoms with E-state index in [0.717, 1.165) is 36.9 Å². The zero-order valence-electron chi connectivity index (χ0n) is 16.5. The second kappa shape index (κ2) is 7.28. The van der Waals surface area contributed by atoms with Crippen molar-refractivity contribution in [2.24, 2.45) is 5.92 Å². The van der Waals surface area contributed by atoms with Gasteiger partial charge in [-0.2, -0.15) is 0 Å². The first-order valence-electron chi connectivity index (χ1n) is 10.6. The number of pyridine rings is 1. The van der Waals surface area contributed by atoms with E-state index in [9.17, 15) is 4.79 Å². The molecule has 0 spiro atoms. The van der Waals surface area contributed by atoms with Crippen LogP contribution in [0.15, 0.2) is 47.3 Å². The minimum Gasteiger partial charge on any atom is -0.375 e.